The summed E-state index contributed by atoms with van der Waals surface area (Å²) in [6.07, 6.45) is 4.07. The third kappa shape index (κ3) is 5.69. The highest BCUT2D eigenvalue weighted by Gasteiger charge is 2.24. The van der Waals surface area contributed by atoms with Gasteiger partial charge >= 0.3 is 0 Å². The number of hydrogen-bond donors (Lipinski definition) is 2. The van der Waals surface area contributed by atoms with Gasteiger partial charge in [-0.25, -0.2) is 18.4 Å². The maximum atomic E-state index is 13.2. The van der Waals surface area contributed by atoms with E-state index >= 15 is 0 Å². The summed E-state index contributed by atoms with van der Waals surface area (Å²) in [7, 11) is -3.66. The molecule has 0 aliphatic carbocycles. The number of carbonyl (C=O) groups is 1. The SMILES string of the molecule is CCN(CCc1ccccn1)S(=O)(=O)c1ccc(Nc2ncc3c(n2)-c2ccc(I)cc2NC(=O)C3)cc1. The van der Waals surface area contributed by atoms with E-state index in [0.29, 0.717) is 42.5 Å². The van der Waals surface area contributed by atoms with Crippen LogP contribution in [0.15, 0.2) is 78.0 Å². The predicted molar refractivity (Wildman–Crippen MR) is 155 cm³/mol. The molecule has 1 aliphatic heterocycles. The molecular formula is C27H25IN6O3S. The normalized spacial score (nSPS) is 12.9. The van der Waals surface area contributed by atoms with Crippen molar-refractivity contribution in [2.24, 2.45) is 0 Å². The number of likely N-dealkylation sites (N-methyl/N-ethyl adjacent to an activating group) is 1. The summed E-state index contributed by atoms with van der Waals surface area (Å²) in [4.78, 5) is 25.9. The Kier molecular flexibility index (Phi) is 7.68. The highest BCUT2D eigenvalue weighted by atomic mass is 127. The van der Waals surface area contributed by atoms with Crippen LogP contribution in [0.2, 0.25) is 0 Å². The van der Waals surface area contributed by atoms with Crippen molar-refractivity contribution in [1.82, 2.24) is 19.3 Å². The highest BCUT2D eigenvalue weighted by Crippen LogP contribution is 2.34. The Morgan fingerprint density at radius 2 is 1.89 bits per heavy atom. The first-order chi connectivity index (χ1) is 18.3. The van der Waals surface area contributed by atoms with Crippen molar-refractivity contribution in [3.05, 3.63) is 87.9 Å². The van der Waals surface area contributed by atoms with E-state index in [0.717, 1.165) is 20.4 Å². The van der Waals surface area contributed by atoms with E-state index in [4.69, 9.17) is 4.98 Å². The summed E-state index contributed by atoms with van der Waals surface area (Å²) in [5.41, 5.74) is 4.44. The van der Waals surface area contributed by atoms with Crippen molar-refractivity contribution in [3.63, 3.8) is 0 Å². The quantitative estimate of drug-likeness (QED) is 0.270. The van der Waals surface area contributed by atoms with Crippen LogP contribution in [0, 0.1) is 3.57 Å². The second-order valence-electron chi connectivity index (χ2n) is 8.70. The second kappa shape index (κ2) is 11.1. The fourth-order valence-corrected chi connectivity index (χ4v) is 6.19. The summed E-state index contributed by atoms with van der Waals surface area (Å²) in [6, 6.07) is 18.0. The van der Waals surface area contributed by atoms with Gasteiger partial charge in [-0.05, 0) is 77.2 Å². The number of pyridine rings is 1. The third-order valence-electron chi connectivity index (χ3n) is 6.17. The predicted octanol–water partition coefficient (Wildman–Crippen LogP) is 4.63. The lowest BCUT2D eigenvalue weighted by atomic mass is 10.1. The summed E-state index contributed by atoms with van der Waals surface area (Å²) < 4.78 is 28.9. The number of hydrogen-bond acceptors (Lipinski definition) is 7. The summed E-state index contributed by atoms with van der Waals surface area (Å²) in [5.74, 6) is 0.234. The zero-order valence-corrected chi connectivity index (χ0v) is 23.5. The molecule has 0 radical (unpaired) electrons. The van der Waals surface area contributed by atoms with Crippen LogP contribution in [-0.4, -0.2) is 46.7 Å². The van der Waals surface area contributed by atoms with Gasteiger partial charge in [0.25, 0.3) is 0 Å². The van der Waals surface area contributed by atoms with Gasteiger partial charge in [0.05, 0.1) is 22.7 Å². The molecule has 0 saturated carbocycles. The first-order valence-corrected chi connectivity index (χ1v) is 14.6. The van der Waals surface area contributed by atoms with E-state index in [2.05, 4.69) is 43.2 Å². The van der Waals surface area contributed by atoms with Gasteiger partial charge in [-0.15, -0.1) is 0 Å². The number of fused-ring (bicyclic) bond motifs is 3. The molecule has 2 aromatic heterocycles. The van der Waals surface area contributed by atoms with Crippen LogP contribution < -0.4 is 10.6 Å². The minimum atomic E-state index is -3.66. The van der Waals surface area contributed by atoms with Crippen molar-refractivity contribution < 1.29 is 13.2 Å². The molecule has 5 rings (SSSR count). The number of nitrogens with zero attached hydrogens (tertiary/aromatic N) is 4. The minimum Gasteiger partial charge on any atom is -0.325 e. The lowest BCUT2D eigenvalue weighted by molar-refractivity contribution is -0.115. The van der Waals surface area contributed by atoms with Crippen molar-refractivity contribution in [3.8, 4) is 11.3 Å². The average Bonchev–Trinajstić information content (AvgIpc) is 3.04. The second-order valence-corrected chi connectivity index (χ2v) is 11.9. The number of aromatic nitrogens is 3. The van der Waals surface area contributed by atoms with Crippen LogP contribution in [0.5, 0.6) is 0 Å². The molecule has 194 valence electrons. The van der Waals surface area contributed by atoms with Gasteiger partial charge in [0.15, 0.2) is 0 Å². The molecule has 0 atom stereocenters. The fraction of sp³-hybridized carbons (Fsp3) is 0.185. The van der Waals surface area contributed by atoms with E-state index in [1.165, 1.54) is 4.31 Å². The number of amides is 1. The summed E-state index contributed by atoms with van der Waals surface area (Å²) in [6.45, 7) is 2.52. The van der Waals surface area contributed by atoms with Crippen molar-refractivity contribution in [2.75, 3.05) is 23.7 Å². The molecule has 0 spiro atoms. The number of nitrogens with one attached hydrogen (secondary N) is 2. The Morgan fingerprint density at radius 1 is 1.08 bits per heavy atom. The zero-order valence-electron chi connectivity index (χ0n) is 20.6. The van der Waals surface area contributed by atoms with Gasteiger partial charge < -0.3 is 10.6 Å². The van der Waals surface area contributed by atoms with Gasteiger partial charge in [0.1, 0.15) is 0 Å². The molecule has 3 heterocycles. The van der Waals surface area contributed by atoms with E-state index in [1.807, 2.05) is 43.3 Å². The maximum Gasteiger partial charge on any atom is 0.243 e. The van der Waals surface area contributed by atoms with Gasteiger partial charge in [-0.3, -0.25) is 9.78 Å². The Hall–Kier alpha value is -3.42. The molecule has 2 aromatic carbocycles. The summed E-state index contributed by atoms with van der Waals surface area (Å²) >= 11 is 2.20. The number of sulfonamides is 1. The van der Waals surface area contributed by atoms with Crippen LogP contribution in [0.4, 0.5) is 17.3 Å². The van der Waals surface area contributed by atoms with E-state index in [9.17, 15) is 13.2 Å². The van der Waals surface area contributed by atoms with Gasteiger partial charge in [-0.2, -0.15) is 4.31 Å². The molecule has 0 unspecified atom stereocenters. The van der Waals surface area contributed by atoms with Crippen molar-refractivity contribution in [2.45, 2.75) is 24.7 Å². The van der Waals surface area contributed by atoms with Crippen LogP contribution in [0.3, 0.4) is 0 Å². The van der Waals surface area contributed by atoms with Crippen molar-refractivity contribution in [1.29, 1.82) is 0 Å². The van der Waals surface area contributed by atoms with E-state index < -0.39 is 10.0 Å². The van der Waals surface area contributed by atoms with Crippen molar-refractivity contribution >= 4 is 55.8 Å². The van der Waals surface area contributed by atoms with Gasteiger partial charge in [0.2, 0.25) is 21.9 Å². The molecule has 0 fully saturated rings. The third-order valence-corrected chi connectivity index (χ3v) is 8.83. The highest BCUT2D eigenvalue weighted by molar-refractivity contribution is 14.1. The molecule has 38 heavy (non-hydrogen) atoms. The first-order valence-electron chi connectivity index (χ1n) is 12.1. The van der Waals surface area contributed by atoms with E-state index in [1.54, 1.807) is 36.7 Å². The Morgan fingerprint density at radius 3 is 2.63 bits per heavy atom. The van der Waals surface area contributed by atoms with Crippen LogP contribution in [0.1, 0.15) is 18.2 Å². The lowest BCUT2D eigenvalue weighted by Crippen LogP contribution is -2.32. The van der Waals surface area contributed by atoms with Gasteiger partial charge in [0, 0.05) is 58.0 Å². The standard InChI is InChI=1S/C27H25IN6O3S/c1-2-34(14-12-20-5-3-4-13-29-20)38(36,37)22-9-7-21(8-10-22)31-27-30-17-18-15-25(35)32-24-16-19(28)6-11-23(24)26(18)33-27/h3-11,13,16-17H,2,12,14-15H2,1H3,(H,32,35)(H,30,31,33). The number of benzene rings is 2. The molecule has 4 aromatic rings. The molecule has 11 heteroatoms. The maximum absolute atomic E-state index is 13.2. The number of halogens is 1. The lowest BCUT2D eigenvalue weighted by Gasteiger charge is -2.20. The fourth-order valence-electron chi connectivity index (χ4n) is 4.25. The molecule has 2 N–H and O–H groups in total. The molecular weight excluding hydrogens is 615 g/mol. The first kappa shape index (κ1) is 26.2. The van der Waals surface area contributed by atoms with Crippen LogP contribution in [-0.2, 0) is 27.7 Å². The van der Waals surface area contributed by atoms with E-state index in [-0.39, 0.29) is 17.2 Å². The van der Waals surface area contributed by atoms with Gasteiger partial charge in [-0.1, -0.05) is 13.0 Å². The molecule has 1 amide bonds. The zero-order chi connectivity index (χ0) is 26.7. The Bertz CT molecular complexity index is 1580. The smallest absolute Gasteiger partial charge is 0.243 e. The topological polar surface area (TPSA) is 117 Å². The number of rotatable bonds is 8. The molecule has 0 bridgehead atoms. The number of carbonyl (C=O) groups excluding carboxylic acids is 1. The summed E-state index contributed by atoms with van der Waals surface area (Å²) in [5, 5.41) is 6.09. The Balaban J connectivity index is 1.34. The molecule has 1 aliphatic rings. The van der Waals surface area contributed by atoms with Crippen LogP contribution in [0.25, 0.3) is 11.3 Å². The van der Waals surface area contributed by atoms with Crippen LogP contribution >= 0.6 is 22.6 Å². The Labute approximate surface area is 234 Å². The monoisotopic (exact) mass is 640 g/mol. The minimum absolute atomic E-state index is 0.116. The average molecular weight is 641 g/mol. The largest absolute Gasteiger partial charge is 0.325 e. The molecule has 0 saturated heterocycles. The number of anilines is 3. The molecule has 9 nitrogen and oxygen atoms in total.